The average molecular weight is 300 g/mol. The molecule has 0 aromatic heterocycles. The van der Waals surface area contributed by atoms with Crippen molar-refractivity contribution in [2.24, 2.45) is 0 Å². The molecule has 0 bridgehead atoms. The molecule has 0 aliphatic heterocycles. The van der Waals surface area contributed by atoms with Gasteiger partial charge >= 0.3 is 0 Å². The van der Waals surface area contributed by atoms with E-state index in [1.165, 1.54) is 0 Å². The molecule has 1 rings (SSSR count). The molecule has 1 amide bonds. The largest absolute Gasteiger partial charge is 0.497 e. The van der Waals surface area contributed by atoms with Crippen LogP contribution in [0.15, 0.2) is 18.2 Å². The van der Waals surface area contributed by atoms with Gasteiger partial charge in [0.1, 0.15) is 5.75 Å². The highest BCUT2D eigenvalue weighted by atomic mass is 32.2. The summed E-state index contributed by atoms with van der Waals surface area (Å²) < 4.78 is 21.4. The minimum absolute atomic E-state index is 0.182. The molecule has 6 nitrogen and oxygen atoms in total. The van der Waals surface area contributed by atoms with E-state index in [4.69, 9.17) is 15.2 Å². The lowest BCUT2D eigenvalue weighted by Gasteiger charge is -2.09. The molecule has 0 aliphatic rings. The Labute approximate surface area is 121 Å². The first-order valence-electron chi connectivity index (χ1n) is 6.14. The van der Waals surface area contributed by atoms with Crippen LogP contribution in [0.4, 0.5) is 11.4 Å². The second-order valence-electron chi connectivity index (χ2n) is 4.09. The van der Waals surface area contributed by atoms with Crippen LogP contribution in [0.25, 0.3) is 0 Å². The zero-order chi connectivity index (χ0) is 15.0. The highest BCUT2D eigenvalue weighted by Gasteiger charge is 2.08. The summed E-state index contributed by atoms with van der Waals surface area (Å²) in [6.45, 7) is 0.430. The van der Waals surface area contributed by atoms with Crippen LogP contribution >= 0.6 is 0 Å². The number of carbonyl (C=O) groups excluding carboxylic acids is 1. The van der Waals surface area contributed by atoms with E-state index < -0.39 is 10.8 Å². The highest BCUT2D eigenvalue weighted by Crippen LogP contribution is 2.24. The van der Waals surface area contributed by atoms with Gasteiger partial charge in [-0.15, -0.1) is 0 Å². The Bertz CT molecular complexity index is 479. The Balaban J connectivity index is 2.44. The van der Waals surface area contributed by atoms with E-state index in [0.717, 1.165) is 0 Å². The molecule has 0 spiro atoms. The maximum absolute atomic E-state index is 11.7. The zero-order valence-electron chi connectivity index (χ0n) is 11.7. The predicted octanol–water partition coefficient (Wildman–Crippen LogP) is 1.00. The monoisotopic (exact) mass is 300 g/mol. The fraction of sp³-hybridized carbons (Fsp3) is 0.462. The molecular weight excluding hydrogens is 280 g/mol. The minimum Gasteiger partial charge on any atom is -0.497 e. The summed E-state index contributed by atoms with van der Waals surface area (Å²) in [7, 11) is 2.05. The molecule has 1 atom stereocenters. The van der Waals surface area contributed by atoms with E-state index in [2.05, 4.69) is 5.32 Å². The van der Waals surface area contributed by atoms with Crippen LogP contribution in [0.5, 0.6) is 5.75 Å². The maximum atomic E-state index is 11.7. The summed E-state index contributed by atoms with van der Waals surface area (Å²) in [4.78, 5) is 11.7. The fourth-order valence-corrected chi connectivity index (χ4v) is 2.45. The molecule has 1 unspecified atom stereocenters. The van der Waals surface area contributed by atoms with Gasteiger partial charge in [0.25, 0.3) is 0 Å². The molecule has 0 saturated carbocycles. The molecule has 0 fully saturated rings. The van der Waals surface area contributed by atoms with Gasteiger partial charge in [-0.05, 0) is 12.1 Å². The van der Waals surface area contributed by atoms with Crippen LogP contribution in [0.1, 0.15) is 6.42 Å². The first kappa shape index (κ1) is 16.5. The number of carbonyl (C=O) groups is 1. The first-order valence-corrected chi connectivity index (χ1v) is 7.63. The molecule has 0 aliphatic carbocycles. The number of benzene rings is 1. The summed E-state index contributed by atoms with van der Waals surface area (Å²) in [5.41, 5.74) is 6.75. The molecule has 0 heterocycles. The molecule has 112 valence electrons. The third-order valence-corrected chi connectivity index (χ3v) is 3.89. The lowest BCUT2D eigenvalue weighted by Crippen LogP contribution is -2.17. The van der Waals surface area contributed by atoms with Crippen LogP contribution < -0.4 is 15.8 Å². The molecule has 0 saturated heterocycles. The van der Waals surface area contributed by atoms with Crippen molar-refractivity contribution in [3.63, 3.8) is 0 Å². The number of rotatable bonds is 8. The van der Waals surface area contributed by atoms with Gasteiger partial charge in [-0.3, -0.25) is 9.00 Å². The van der Waals surface area contributed by atoms with Crippen molar-refractivity contribution in [3.05, 3.63) is 18.2 Å². The molecule has 20 heavy (non-hydrogen) atoms. The molecule has 7 heteroatoms. The SMILES string of the molecule is COCCS(=O)CCC(=O)Nc1ccc(OC)cc1N. The van der Waals surface area contributed by atoms with E-state index in [1.54, 1.807) is 32.4 Å². The number of methoxy groups -OCH3 is 2. The van der Waals surface area contributed by atoms with Crippen LogP contribution in [0.2, 0.25) is 0 Å². The number of nitrogens with one attached hydrogen (secondary N) is 1. The zero-order valence-corrected chi connectivity index (χ0v) is 12.5. The van der Waals surface area contributed by atoms with Crippen molar-refractivity contribution in [3.8, 4) is 5.75 Å². The van der Waals surface area contributed by atoms with E-state index in [1.807, 2.05) is 0 Å². The number of nitrogen functional groups attached to an aromatic ring is 1. The summed E-state index contributed by atoms with van der Waals surface area (Å²) in [6.07, 6.45) is 0.182. The summed E-state index contributed by atoms with van der Waals surface area (Å²) >= 11 is 0. The number of nitrogens with two attached hydrogens (primary N) is 1. The lowest BCUT2D eigenvalue weighted by atomic mass is 10.2. The summed E-state index contributed by atoms with van der Waals surface area (Å²) in [5, 5.41) is 2.69. The number of hydrogen-bond acceptors (Lipinski definition) is 5. The van der Waals surface area contributed by atoms with Gasteiger partial charge in [-0.1, -0.05) is 0 Å². The Morgan fingerprint density at radius 3 is 2.70 bits per heavy atom. The van der Waals surface area contributed by atoms with Crippen molar-refractivity contribution >= 4 is 28.1 Å². The Hall–Kier alpha value is -1.60. The van der Waals surface area contributed by atoms with Crippen LogP contribution in [-0.2, 0) is 20.3 Å². The van der Waals surface area contributed by atoms with Gasteiger partial charge in [0.2, 0.25) is 5.91 Å². The smallest absolute Gasteiger partial charge is 0.225 e. The van der Waals surface area contributed by atoms with E-state index in [-0.39, 0.29) is 12.3 Å². The molecular formula is C13H20N2O4S. The fourth-order valence-electron chi connectivity index (χ4n) is 1.48. The maximum Gasteiger partial charge on any atom is 0.225 e. The van der Waals surface area contributed by atoms with E-state index in [9.17, 15) is 9.00 Å². The van der Waals surface area contributed by atoms with E-state index in [0.29, 0.717) is 35.2 Å². The first-order chi connectivity index (χ1) is 9.56. The normalized spacial score (nSPS) is 11.9. The number of ether oxygens (including phenoxy) is 2. The standard InChI is InChI=1S/C13H20N2O4S/c1-18-6-8-20(17)7-5-13(16)15-12-4-3-10(19-2)9-11(12)14/h3-4,9H,5-8,14H2,1-2H3,(H,15,16). The number of anilines is 2. The van der Waals surface area contributed by atoms with Gasteiger partial charge in [-0.2, -0.15) is 0 Å². The summed E-state index contributed by atoms with van der Waals surface area (Å²) in [6, 6.07) is 5.02. The third kappa shape index (κ3) is 5.58. The Morgan fingerprint density at radius 1 is 1.35 bits per heavy atom. The van der Waals surface area contributed by atoms with Gasteiger partial charge < -0.3 is 20.5 Å². The average Bonchev–Trinajstić information content (AvgIpc) is 2.45. The van der Waals surface area contributed by atoms with Crippen LogP contribution in [0.3, 0.4) is 0 Å². The van der Waals surface area contributed by atoms with Gasteiger partial charge in [0.05, 0.1) is 25.1 Å². The highest BCUT2D eigenvalue weighted by molar-refractivity contribution is 7.85. The Kier molecular flexibility index (Phi) is 7.03. The van der Waals surface area contributed by atoms with Crippen LogP contribution in [-0.4, -0.2) is 42.4 Å². The molecule has 0 radical (unpaired) electrons. The number of hydrogen-bond donors (Lipinski definition) is 2. The van der Waals surface area contributed by atoms with Gasteiger partial charge in [-0.25, -0.2) is 0 Å². The second-order valence-corrected chi connectivity index (χ2v) is 5.79. The predicted molar refractivity (Wildman–Crippen MR) is 80.4 cm³/mol. The van der Waals surface area contributed by atoms with Crippen molar-refractivity contribution in [2.45, 2.75) is 6.42 Å². The van der Waals surface area contributed by atoms with Crippen LogP contribution in [0, 0.1) is 0 Å². The number of amides is 1. The Morgan fingerprint density at radius 2 is 2.10 bits per heavy atom. The third-order valence-electron chi connectivity index (χ3n) is 2.60. The second kappa shape index (κ2) is 8.55. The summed E-state index contributed by atoms with van der Waals surface area (Å²) in [5.74, 6) is 1.16. The minimum atomic E-state index is -1.05. The van der Waals surface area contributed by atoms with Crippen molar-refractivity contribution in [1.29, 1.82) is 0 Å². The molecule has 1 aromatic carbocycles. The van der Waals surface area contributed by atoms with Crippen molar-refractivity contribution in [1.82, 2.24) is 0 Å². The van der Waals surface area contributed by atoms with Crippen molar-refractivity contribution < 1.29 is 18.5 Å². The van der Waals surface area contributed by atoms with E-state index >= 15 is 0 Å². The molecule has 1 aromatic rings. The lowest BCUT2D eigenvalue weighted by molar-refractivity contribution is -0.115. The van der Waals surface area contributed by atoms with Gasteiger partial charge in [0, 0.05) is 41.9 Å². The van der Waals surface area contributed by atoms with Crippen molar-refractivity contribution in [2.75, 3.05) is 43.4 Å². The quantitative estimate of drug-likeness (QED) is 0.699. The topological polar surface area (TPSA) is 90.7 Å². The van der Waals surface area contributed by atoms with Gasteiger partial charge in [0.15, 0.2) is 0 Å². The molecule has 3 N–H and O–H groups in total.